The molecule has 2 atom stereocenters. The molecule has 6 N–H and O–H groups in total. The van der Waals surface area contributed by atoms with Gasteiger partial charge < -0.3 is 31.3 Å². The van der Waals surface area contributed by atoms with E-state index < -0.39 is 29.2 Å². The average molecular weight is 763 g/mol. The number of thioether (sulfide) groups is 1. The Hall–Kier alpha value is -5.23. The third kappa shape index (κ3) is 6.80. The summed E-state index contributed by atoms with van der Waals surface area (Å²) in [4.78, 5) is 54.7. The molecule has 18 heteroatoms. The van der Waals surface area contributed by atoms with Gasteiger partial charge in [0, 0.05) is 39.4 Å². The first-order valence-corrected chi connectivity index (χ1v) is 18.4. The maximum atomic E-state index is 13.3. The lowest BCUT2D eigenvalue weighted by Gasteiger charge is -2.49. The Morgan fingerprint density at radius 2 is 2.04 bits per heavy atom. The lowest BCUT2D eigenvalue weighted by molar-refractivity contribution is -0.687. The quantitative estimate of drug-likeness (QED) is 0.0512. The van der Waals surface area contributed by atoms with Gasteiger partial charge in [0.25, 0.3) is 11.8 Å². The zero-order chi connectivity index (χ0) is 35.8. The second-order valence-corrected chi connectivity index (χ2v) is 15.2. The molecule has 4 aromatic heterocycles. The van der Waals surface area contributed by atoms with E-state index in [4.69, 9.17) is 27.9 Å². The molecule has 0 saturated carbocycles. The average Bonchev–Trinajstić information content (AvgIpc) is 3.84. The summed E-state index contributed by atoms with van der Waals surface area (Å²) < 4.78 is 4.17. The molecule has 6 heterocycles. The number of rotatable bonds is 11. The number of amidine groups is 1. The Bertz CT molecular complexity index is 2280. The molecule has 14 nitrogen and oxygen atoms in total. The summed E-state index contributed by atoms with van der Waals surface area (Å²) in [6.45, 7) is 0.896. The van der Waals surface area contributed by atoms with E-state index in [0.29, 0.717) is 23.7 Å². The molecule has 2 aliphatic heterocycles. The van der Waals surface area contributed by atoms with Crippen molar-refractivity contribution in [1.82, 2.24) is 19.8 Å². The number of oxime groups is 1. The van der Waals surface area contributed by atoms with Crippen LogP contribution in [0.15, 0.2) is 93.9 Å². The number of halogens is 1. The van der Waals surface area contributed by atoms with Gasteiger partial charge in [0.15, 0.2) is 29.8 Å². The van der Waals surface area contributed by atoms with Gasteiger partial charge in [-0.2, -0.15) is 0 Å². The lowest BCUT2D eigenvalue weighted by atomic mass is 10.0. The highest BCUT2D eigenvalue weighted by Gasteiger charge is 2.55. The van der Waals surface area contributed by atoms with Gasteiger partial charge in [0.2, 0.25) is 0 Å². The van der Waals surface area contributed by atoms with Crippen LogP contribution in [0.25, 0.3) is 10.9 Å². The van der Waals surface area contributed by atoms with Crippen molar-refractivity contribution < 1.29 is 28.9 Å². The normalized spacial score (nSPS) is 17.8. The molecule has 5 aromatic rings. The zero-order valence-corrected chi connectivity index (χ0v) is 29.9. The monoisotopic (exact) mass is 762 g/mol. The van der Waals surface area contributed by atoms with E-state index in [1.54, 1.807) is 11.3 Å². The number of anilines is 1. The number of nitrogen functional groups attached to an aromatic ring is 1. The number of carbonyl (C=O) groups is 3. The van der Waals surface area contributed by atoms with Crippen LogP contribution in [0, 0.1) is 0 Å². The zero-order valence-electron chi connectivity index (χ0n) is 26.7. The predicted octanol–water partition coefficient (Wildman–Crippen LogP) is 3.56. The molecule has 1 aromatic carbocycles. The van der Waals surface area contributed by atoms with Crippen molar-refractivity contribution >= 4 is 97.1 Å². The highest BCUT2D eigenvalue weighted by Crippen LogP contribution is 2.40. The molecule has 2 amide bonds. The number of benzene rings is 1. The van der Waals surface area contributed by atoms with E-state index >= 15 is 0 Å². The number of aliphatic imine (C=N–C) groups is 1. The summed E-state index contributed by atoms with van der Waals surface area (Å²) in [6.07, 6.45) is 5.85. The molecule has 7 rings (SSSR count). The van der Waals surface area contributed by atoms with Crippen LogP contribution < -0.4 is 21.4 Å². The number of thiophene rings is 1. The number of carboxylic acids is 1. The van der Waals surface area contributed by atoms with Crippen LogP contribution in [-0.4, -0.2) is 73.2 Å². The minimum Gasteiger partial charge on any atom is -0.477 e. The Balaban J connectivity index is 1.05. The molecule has 0 radical (unpaired) electrons. The number of carboxylic acid groups (broad SMARTS) is 1. The first kappa shape index (κ1) is 34.2. The second kappa shape index (κ2) is 14.2. The minimum atomic E-state index is -1.22. The number of thiazole rings is 1. The van der Waals surface area contributed by atoms with Gasteiger partial charge in [-0.25, -0.2) is 19.3 Å². The molecular weight excluding hydrogens is 734 g/mol. The van der Waals surface area contributed by atoms with Crippen LogP contribution in [0.4, 0.5) is 10.8 Å². The second-order valence-electron chi connectivity index (χ2n) is 11.5. The number of β-lactam (4-membered cyclic amide) rings is 1. The molecule has 0 unspecified atom stereocenters. The van der Waals surface area contributed by atoms with Crippen LogP contribution >= 0.6 is 46.0 Å². The molecule has 1 saturated heterocycles. The highest BCUT2D eigenvalue weighted by atomic mass is 35.5. The Morgan fingerprint density at radius 1 is 1.24 bits per heavy atom. The number of nitrogens with two attached hydrogens (primary N) is 2. The van der Waals surface area contributed by atoms with E-state index in [-0.39, 0.29) is 33.1 Å². The van der Waals surface area contributed by atoms with E-state index in [1.807, 2.05) is 77.1 Å². The number of pyridine rings is 1. The molecule has 0 spiro atoms. The summed E-state index contributed by atoms with van der Waals surface area (Å²) >= 11 is 10.1. The molecular formula is C33H29ClN9O5S3+. The summed E-state index contributed by atoms with van der Waals surface area (Å²) in [5.74, 6) is -1.75. The van der Waals surface area contributed by atoms with Crippen molar-refractivity contribution in [3.63, 3.8) is 0 Å². The smallest absolute Gasteiger partial charge is 0.352 e. The van der Waals surface area contributed by atoms with E-state index in [1.165, 1.54) is 23.8 Å². The van der Waals surface area contributed by atoms with Crippen molar-refractivity contribution in [2.24, 2.45) is 15.9 Å². The number of nitrogens with one attached hydrogen (secondary N) is 1. The first-order valence-electron chi connectivity index (χ1n) is 15.3. The van der Waals surface area contributed by atoms with E-state index in [2.05, 4.69) is 25.0 Å². The largest absolute Gasteiger partial charge is 0.477 e. The van der Waals surface area contributed by atoms with Crippen LogP contribution in [0.5, 0.6) is 0 Å². The maximum absolute atomic E-state index is 13.3. The summed E-state index contributed by atoms with van der Waals surface area (Å²) in [6, 6.07) is 14.6. The number of nitrogens with zero attached hydrogens (tertiary/aromatic N) is 6. The standard InChI is InChI=1S/C33H28ClN9O5S3/c1-48-40-24(23-27(34)51-33(36)39-23)29(44)38-25-30(45)43-26(32(46)47)19(16-50-31(25)43)13-41-9-8-22-17(12-41)7-10-42(22)14-21-11-18(15-49-21)28(35)37-20-5-3-2-4-6-20/h2-12,15,25,31H,13-14,16H2,1H3,(H5-,35,36,37,38,39,44,46,47)/p+1/t25-,31-/m1/s1. The number of aromatic nitrogens is 3. The number of fused-ring (bicyclic) bond motifs is 2. The molecule has 0 aliphatic carbocycles. The van der Waals surface area contributed by atoms with Gasteiger partial charge in [-0.05, 0) is 24.3 Å². The predicted molar refractivity (Wildman–Crippen MR) is 197 cm³/mol. The van der Waals surface area contributed by atoms with Crippen molar-refractivity contribution in [2.45, 2.75) is 24.5 Å². The fraction of sp³-hybridized carbons (Fsp3) is 0.182. The lowest BCUT2D eigenvalue weighted by Crippen LogP contribution is -2.71. The maximum Gasteiger partial charge on any atom is 0.352 e. The van der Waals surface area contributed by atoms with Gasteiger partial charge in [-0.15, -0.1) is 23.1 Å². The third-order valence-electron chi connectivity index (χ3n) is 8.18. The van der Waals surface area contributed by atoms with Gasteiger partial charge in [-0.3, -0.25) is 14.5 Å². The van der Waals surface area contributed by atoms with Crippen LogP contribution in [-0.2, 0) is 32.3 Å². The van der Waals surface area contributed by atoms with Crippen molar-refractivity contribution in [3.8, 4) is 0 Å². The summed E-state index contributed by atoms with van der Waals surface area (Å²) in [7, 11) is 1.25. The summed E-state index contributed by atoms with van der Waals surface area (Å²) in [5, 5.41) is 19.1. The molecule has 1 fully saturated rings. The van der Waals surface area contributed by atoms with E-state index in [0.717, 1.165) is 38.4 Å². The fourth-order valence-corrected chi connectivity index (χ4v) is 9.02. The number of aliphatic carboxylic acids is 1. The number of amides is 2. The topological polar surface area (TPSA) is 194 Å². The number of hydrogen-bond acceptors (Lipinski definition) is 11. The molecule has 2 aliphatic rings. The van der Waals surface area contributed by atoms with Crippen LogP contribution in [0.2, 0.25) is 4.34 Å². The van der Waals surface area contributed by atoms with Crippen molar-refractivity contribution in [1.29, 1.82) is 0 Å². The van der Waals surface area contributed by atoms with Gasteiger partial charge in [0.1, 0.15) is 40.1 Å². The van der Waals surface area contributed by atoms with Crippen molar-refractivity contribution in [3.05, 3.63) is 104 Å². The van der Waals surface area contributed by atoms with Crippen LogP contribution in [0.1, 0.15) is 16.1 Å². The number of carbonyl (C=O) groups excluding carboxylic acids is 2. The molecule has 0 bridgehead atoms. The first-order chi connectivity index (χ1) is 24.6. The van der Waals surface area contributed by atoms with Gasteiger partial charge in [-0.1, -0.05) is 46.3 Å². The Morgan fingerprint density at radius 3 is 2.76 bits per heavy atom. The SMILES string of the molecule is CON=C(C(=O)N[C@@H]1C(=O)N2C(C(=O)O)=C(C[n+]3ccc4c(ccn4Cc4cc(C(N)=Nc5ccccc5)cs4)c3)CS[C@H]12)c1nc(N)sc1Cl. The molecule has 260 valence electrons. The van der Waals surface area contributed by atoms with E-state index in [9.17, 15) is 19.5 Å². The highest BCUT2D eigenvalue weighted by molar-refractivity contribution is 8.00. The van der Waals surface area contributed by atoms with Crippen molar-refractivity contribution in [2.75, 3.05) is 18.6 Å². The third-order valence-corrected chi connectivity index (χ3v) is 11.5. The molecule has 51 heavy (non-hydrogen) atoms. The summed E-state index contributed by atoms with van der Waals surface area (Å²) in [5.41, 5.74) is 14.9. The fourth-order valence-electron chi connectivity index (χ4n) is 5.88. The Kier molecular flexibility index (Phi) is 9.52. The Labute approximate surface area is 307 Å². The minimum absolute atomic E-state index is 0.0199. The number of hydrogen-bond donors (Lipinski definition) is 4. The van der Waals surface area contributed by atoms with Gasteiger partial charge >= 0.3 is 5.97 Å². The van der Waals surface area contributed by atoms with Gasteiger partial charge in [0.05, 0.1) is 23.1 Å². The van der Waals surface area contributed by atoms with Crippen LogP contribution in [0.3, 0.4) is 0 Å². The number of para-hydroxylation sites is 1.